The quantitative estimate of drug-likeness (QED) is 0.845. The number of hydrogen-bond donors (Lipinski definition) is 2. The fourth-order valence-electron chi connectivity index (χ4n) is 2.49. The summed E-state index contributed by atoms with van der Waals surface area (Å²) in [6.45, 7) is 0.739. The molecule has 1 aliphatic rings. The fraction of sp³-hybridized carbons (Fsp3) is 0.429. The van der Waals surface area contributed by atoms with Crippen LogP contribution in [-0.4, -0.2) is 39.4 Å². The Kier molecular flexibility index (Phi) is 3.81. The van der Waals surface area contributed by atoms with Crippen LogP contribution in [0, 0.1) is 0 Å². The van der Waals surface area contributed by atoms with E-state index in [9.17, 15) is 9.59 Å². The van der Waals surface area contributed by atoms with E-state index in [0.717, 1.165) is 23.9 Å². The van der Waals surface area contributed by atoms with Crippen LogP contribution in [0.1, 0.15) is 19.3 Å². The first-order chi connectivity index (χ1) is 10.2. The van der Waals surface area contributed by atoms with Crippen LogP contribution in [0.15, 0.2) is 24.3 Å². The van der Waals surface area contributed by atoms with Crippen LogP contribution >= 0.6 is 0 Å². The second-order valence-electron chi connectivity index (χ2n) is 5.14. The summed E-state index contributed by atoms with van der Waals surface area (Å²) < 4.78 is 1.54. The summed E-state index contributed by atoms with van der Waals surface area (Å²) in [6.07, 6.45) is 2.55. The second kappa shape index (κ2) is 5.90. The van der Waals surface area contributed by atoms with E-state index in [-0.39, 0.29) is 18.4 Å². The van der Waals surface area contributed by atoms with Gasteiger partial charge >= 0.3 is 0 Å². The van der Waals surface area contributed by atoms with Gasteiger partial charge in [-0.25, -0.2) is 4.68 Å². The maximum atomic E-state index is 12.1. The number of para-hydroxylation sites is 1. The number of nitrogens with one attached hydrogen (secondary N) is 2. The van der Waals surface area contributed by atoms with E-state index in [1.807, 2.05) is 24.3 Å². The predicted octanol–water partition coefficient (Wildman–Crippen LogP) is 0.216. The Hall–Kier alpha value is -2.44. The fourth-order valence-corrected chi connectivity index (χ4v) is 2.49. The van der Waals surface area contributed by atoms with Crippen molar-refractivity contribution in [1.29, 1.82) is 0 Å². The molecule has 0 bridgehead atoms. The molecule has 1 saturated heterocycles. The first-order valence-electron chi connectivity index (χ1n) is 7.09. The van der Waals surface area contributed by atoms with Crippen molar-refractivity contribution in [3.63, 3.8) is 0 Å². The third-order valence-corrected chi connectivity index (χ3v) is 3.58. The molecule has 2 amide bonds. The number of nitrogens with zero attached hydrogens (tertiary/aromatic N) is 3. The van der Waals surface area contributed by atoms with Gasteiger partial charge in [-0.05, 0) is 31.4 Å². The summed E-state index contributed by atoms with van der Waals surface area (Å²) in [7, 11) is 0. The van der Waals surface area contributed by atoms with E-state index in [1.54, 1.807) is 4.68 Å². The minimum absolute atomic E-state index is 0.0598. The summed E-state index contributed by atoms with van der Waals surface area (Å²) in [5, 5.41) is 13.5. The Morgan fingerprint density at radius 3 is 3.14 bits per heavy atom. The number of benzene rings is 1. The van der Waals surface area contributed by atoms with Gasteiger partial charge in [0, 0.05) is 6.54 Å². The van der Waals surface area contributed by atoms with Crippen molar-refractivity contribution < 1.29 is 9.59 Å². The highest BCUT2D eigenvalue weighted by molar-refractivity contribution is 5.88. The monoisotopic (exact) mass is 287 g/mol. The van der Waals surface area contributed by atoms with Gasteiger partial charge in [0.25, 0.3) is 0 Å². The maximum Gasteiger partial charge on any atom is 0.242 e. The van der Waals surface area contributed by atoms with Crippen LogP contribution in [0.25, 0.3) is 11.0 Å². The first kappa shape index (κ1) is 13.5. The molecule has 0 unspecified atom stereocenters. The maximum absolute atomic E-state index is 12.1. The Bertz CT molecular complexity index is 666. The average Bonchev–Trinajstić information content (AvgIpc) is 2.77. The predicted molar refractivity (Wildman–Crippen MR) is 76.3 cm³/mol. The number of carbonyl (C=O) groups excluding carboxylic acids is 2. The molecule has 1 aromatic heterocycles. The molecule has 110 valence electrons. The van der Waals surface area contributed by atoms with Gasteiger partial charge in [-0.1, -0.05) is 17.3 Å². The lowest BCUT2D eigenvalue weighted by Crippen LogP contribution is -2.46. The smallest absolute Gasteiger partial charge is 0.242 e. The van der Waals surface area contributed by atoms with E-state index < -0.39 is 6.04 Å². The molecule has 2 aromatic rings. The third-order valence-electron chi connectivity index (χ3n) is 3.58. The molecule has 3 rings (SSSR count). The van der Waals surface area contributed by atoms with Crippen LogP contribution in [0.5, 0.6) is 0 Å². The molecule has 2 heterocycles. The summed E-state index contributed by atoms with van der Waals surface area (Å²) >= 11 is 0. The van der Waals surface area contributed by atoms with Gasteiger partial charge in [-0.2, -0.15) is 0 Å². The van der Waals surface area contributed by atoms with E-state index in [1.165, 1.54) is 0 Å². The standard InChI is InChI=1S/C14H17N5O2/c20-13(16-11-6-3-4-8-15-14(11)21)9-19-12-7-2-1-5-10(12)17-18-19/h1-2,5,7,11H,3-4,6,8-9H2,(H,15,21)(H,16,20)/t11-/m0/s1. The van der Waals surface area contributed by atoms with Crippen molar-refractivity contribution in [2.75, 3.05) is 6.54 Å². The zero-order valence-electron chi connectivity index (χ0n) is 11.6. The Balaban J connectivity index is 1.67. The number of rotatable bonds is 3. The van der Waals surface area contributed by atoms with Crippen LogP contribution in [-0.2, 0) is 16.1 Å². The lowest BCUT2D eigenvalue weighted by Gasteiger charge is -2.15. The Morgan fingerprint density at radius 2 is 2.24 bits per heavy atom. The van der Waals surface area contributed by atoms with Gasteiger partial charge in [0.1, 0.15) is 18.1 Å². The minimum Gasteiger partial charge on any atom is -0.354 e. The van der Waals surface area contributed by atoms with Crippen molar-refractivity contribution in [2.45, 2.75) is 31.8 Å². The van der Waals surface area contributed by atoms with E-state index >= 15 is 0 Å². The SMILES string of the molecule is O=C(Cn1nnc2ccccc21)N[C@H]1CCCCNC1=O. The Morgan fingerprint density at radius 1 is 1.38 bits per heavy atom. The lowest BCUT2D eigenvalue weighted by atomic mass is 10.1. The molecular formula is C14H17N5O2. The number of aromatic nitrogens is 3. The third kappa shape index (κ3) is 3.01. The van der Waals surface area contributed by atoms with Crippen molar-refractivity contribution in [3.8, 4) is 0 Å². The summed E-state index contributed by atoms with van der Waals surface area (Å²) in [4.78, 5) is 23.9. The topological polar surface area (TPSA) is 88.9 Å². The van der Waals surface area contributed by atoms with Gasteiger partial charge in [0.2, 0.25) is 11.8 Å². The van der Waals surface area contributed by atoms with Crippen molar-refractivity contribution in [1.82, 2.24) is 25.6 Å². The average molecular weight is 287 g/mol. The number of fused-ring (bicyclic) bond motifs is 1. The number of hydrogen-bond acceptors (Lipinski definition) is 4. The number of amides is 2. The molecule has 0 saturated carbocycles. The first-order valence-corrected chi connectivity index (χ1v) is 7.09. The molecular weight excluding hydrogens is 270 g/mol. The number of carbonyl (C=O) groups is 2. The van der Waals surface area contributed by atoms with Crippen LogP contribution in [0.3, 0.4) is 0 Å². The molecule has 0 aliphatic carbocycles. The molecule has 0 spiro atoms. The molecule has 21 heavy (non-hydrogen) atoms. The normalized spacial score (nSPS) is 19.0. The summed E-state index contributed by atoms with van der Waals surface area (Å²) in [6, 6.07) is 7.00. The van der Waals surface area contributed by atoms with Gasteiger partial charge < -0.3 is 10.6 Å². The molecule has 0 radical (unpaired) electrons. The summed E-state index contributed by atoms with van der Waals surface area (Å²) in [5.74, 6) is -0.336. The van der Waals surface area contributed by atoms with E-state index in [0.29, 0.717) is 13.0 Å². The molecule has 1 aliphatic heterocycles. The van der Waals surface area contributed by atoms with E-state index in [2.05, 4.69) is 20.9 Å². The highest BCUT2D eigenvalue weighted by Crippen LogP contribution is 2.10. The van der Waals surface area contributed by atoms with Gasteiger partial charge in [0.15, 0.2) is 0 Å². The largest absolute Gasteiger partial charge is 0.354 e. The zero-order chi connectivity index (χ0) is 14.7. The van der Waals surface area contributed by atoms with Gasteiger partial charge in [0.05, 0.1) is 5.52 Å². The summed E-state index contributed by atoms with van der Waals surface area (Å²) in [5.41, 5.74) is 1.55. The molecule has 7 heteroatoms. The molecule has 1 fully saturated rings. The van der Waals surface area contributed by atoms with Crippen LogP contribution < -0.4 is 10.6 Å². The van der Waals surface area contributed by atoms with Crippen LogP contribution in [0.4, 0.5) is 0 Å². The zero-order valence-corrected chi connectivity index (χ0v) is 11.6. The lowest BCUT2D eigenvalue weighted by molar-refractivity contribution is -0.129. The van der Waals surface area contributed by atoms with Gasteiger partial charge in [-0.3, -0.25) is 9.59 Å². The Labute approximate surface area is 121 Å². The molecule has 1 atom stereocenters. The van der Waals surface area contributed by atoms with Crippen LogP contribution in [0.2, 0.25) is 0 Å². The van der Waals surface area contributed by atoms with Crippen molar-refractivity contribution in [3.05, 3.63) is 24.3 Å². The minimum atomic E-state index is -0.449. The highest BCUT2D eigenvalue weighted by Gasteiger charge is 2.22. The highest BCUT2D eigenvalue weighted by atomic mass is 16.2. The van der Waals surface area contributed by atoms with Gasteiger partial charge in [-0.15, -0.1) is 5.10 Å². The van der Waals surface area contributed by atoms with Crippen molar-refractivity contribution >= 4 is 22.8 Å². The van der Waals surface area contributed by atoms with E-state index in [4.69, 9.17) is 0 Å². The molecule has 7 nitrogen and oxygen atoms in total. The molecule has 1 aromatic carbocycles. The van der Waals surface area contributed by atoms with Crippen molar-refractivity contribution in [2.24, 2.45) is 0 Å². The molecule has 2 N–H and O–H groups in total. The second-order valence-corrected chi connectivity index (χ2v) is 5.14.